The molecule has 2 heterocycles. The summed E-state index contributed by atoms with van der Waals surface area (Å²) in [4.78, 5) is 10.6. The van der Waals surface area contributed by atoms with Gasteiger partial charge in [0.15, 0.2) is 0 Å². The number of hydrogen-bond acceptors (Lipinski definition) is 5. The molecule has 1 aliphatic rings. The summed E-state index contributed by atoms with van der Waals surface area (Å²) in [6, 6.07) is 8.43. The highest BCUT2D eigenvalue weighted by Gasteiger charge is 2.37. The number of nitrogens with zero attached hydrogens (tertiary/aromatic N) is 3. The van der Waals surface area contributed by atoms with Crippen LogP contribution < -0.4 is 4.90 Å². The molecule has 122 valence electrons. The summed E-state index contributed by atoms with van der Waals surface area (Å²) < 4.78 is 19.8. The van der Waals surface area contributed by atoms with Crippen molar-refractivity contribution in [1.82, 2.24) is 9.97 Å². The molecule has 3 rings (SSSR count). The van der Waals surface area contributed by atoms with E-state index in [1.54, 1.807) is 24.4 Å². The highest BCUT2D eigenvalue weighted by atomic mass is 19.1. The van der Waals surface area contributed by atoms with Gasteiger partial charge in [0, 0.05) is 19.2 Å². The molecule has 0 bridgehead atoms. The van der Waals surface area contributed by atoms with E-state index >= 15 is 0 Å². The summed E-state index contributed by atoms with van der Waals surface area (Å²) in [7, 11) is 0. The van der Waals surface area contributed by atoms with Crippen LogP contribution in [0.15, 0.2) is 36.5 Å². The number of anilines is 1. The van der Waals surface area contributed by atoms with E-state index in [1.807, 2.05) is 13.0 Å². The SMILES string of the molecule is Cc1nccc(N2CCO[C@@](CO)(Cc3ccccc3F)C2)n1. The molecular formula is C17H20FN3O2. The second-order valence-corrected chi connectivity index (χ2v) is 5.84. The molecule has 1 saturated heterocycles. The molecule has 6 heteroatoms. The third kappa shape index (κ3) is 3.48. The van der Waals surface area contributed by atoms with Crippen molar-refractivity contribution in [2.24, 2.45) is 0 Å². The van der Waals surface area contributed by atoms with Gasteiger partial charge >= 0.3 is 0 Å². The van der Waals surface area contributed by atoms with E-state index in [4.69, 9.17) is 4.74 Å². The molecule has 0 saturated carbocycles. The van der Waals surface area contributed by atoms with Crippen molar-refractivity contribution in [2.45, 2.75) is 18.9 Å². The topological polar surface area (TPSA) is 58.5 Å². The van der Waals surface area contributed by atoms with E-state index in [2.05, 4.69) is 14.9 Å². The van der Waals surface area contributed by atoms with Crippen molar-refractivity contribution in [3.8, 4) is 0 Å². The molecule has 1 N–H and O–H groups in total. The zero-order valence-electron chi connectivity index (χ0n) is 13.1. The zero-order chi connectivity index (χ0) is 16.3. The Hall–Kier alpha value is -2.05. The number of benzene rings is 1. The summed E-state index contributed by atoms with van der Waals surface area (Å²) in [5, 5.41) is 9.91. The Morgan fingerprint density at radius 3 is 2.91 bits per heavy atom. The van der Waals surface area contributed by atoms with Gasteiger partial charge in [-0.05, 0) is 24.6 Å². The molecule has 0 spiro atoms. The van der Waals surface area contributed by atoms with Crippen molar-refractivity contribution in [1.29, 1.82) is 0 Å². The Labute approximate surface area is 134 Å². The summed E-state index contributed by atoms with van der Waals surface area (Å²) in [6.45, 7) is 3.24. The summed E-state index contributed by atoms with van der Waals surface area (Å²) in [5.41, 5.74) is -0.290. The fourth-order valence-corrected chi connectivity index (χ4v) is 2.91. The molecule has 0 unspecified atom stereocenters. The first-order chi connectivity index (χ1) is 11.1. The highest BCUT2D eigenvalue weighted by Crippen LogP contribution is 2.26. The molecular weight excluding hydrogens is 297 g/mol. The third-order valence-corrected chi connectivity index (χ3v) is 4.09. The van der Waals surface area contributed by atoms with Crippen molar-refractivity contribution in [2.75, 3.05) is 31.2 Å². The molecule has 1 aromatic carbocycles. The van der Waals surface area contributed by atoms with Crippen LogP contribution in [0.5, 0.6) is 0 Å². The lowest BCUT2D eigenvalue weighted by molar-refractivity contribution is -0.0873. The number of aliphatic hydroxyl groups is 1. The summed E-state index contributed by atoms with van der Waals surface area (Å²) >= 11 is 0. The molecule has 2 aromatic rings. The number of ether oxygens (including phenoxy) is 1. The van der Waals surface area contributed by atoms with E-state index in [0.717, 1.165) is 5.82 Å². The van der Waals surface area contributed by atoms with Crippen molar-refractivity contribution >= 4 is 5.82 Å². The lowest BCUT2D eigenvalue weighted by atomic mass is 9.92. The Kier molecular flexibility index (Phi) is 4.54. The average molecular weight is 317 g/mol. The molecule has 1 atom stereocenters. The maximum absolute atomic E-state index is 14.0. The first kappa shape index (κ1) is 15.8. The number of morpholine rings is 1. The molecule has 23 heavy (non-hydrogen) atoms. The van der Waals surface area contributed by atoms with Gasteiger partial charge in [-0.15, -0.1) is 0 Å². The predicted octanol–water partition coefficient (Wildman–Crippen LogP) is 1.73. The van der Waals surface area contributed by atoms with Gasteiger partial charge in [0.1, 0.15) is 23.1 Å². The Balaban J connectivity index is 1.83. The van der Waals surface area contributed by atoms with Crippen LogP contribution in [0.25, 0.3) is 0 Å². The number of halogens is 1. The number of rotatable bonds is 4. The Morgan fingerprint density at radius 1 is 1.35 bits per heavy atom. The van der Waals surface area contributed by atoms with E-state index in [1.165, 1.54) is 6.07 Å². The lowest BCUT2D eigenvalue weighted by Crippen LogP contribution is -2.55. The van der Waals surface area contributed by atoms with Crippen molar-refractivity contribution in [3.63, 3.8) is 0 Å². The predicted molar refractivity (Wildman–Crippen MR) is 84.9 cm³/mol. The second-order valence-electron chi connectivity index (χ2n) is 5.84. The fourth-order valence-electron chi connectivity index (χ4n) is 2.91. The minimum absolute atomic E-state index is 0.179. The molecule has 0 radical (unpaired) electrons. The second kappa shape index (κ2) is 6.60. The van der Waals surface area contributed by atoms with E-state index in [9.17, 15) is 9.50 Å². The number of aliphatic hydroxyl groups excluding tert-OH is 1. The fraction of sp³-hybridized carbons (Fsp3) is 0.412. The first-order valence-electron chi connectivity index (χ1n) is 7.65. The minimum Gasteiger partial charge on any atom is -0.393 e. The normalized spacial score (nSPS) is 21.4. The lowest BCUT2D eigenvalue weighted by Gasteiger charge is -2.42. The first-order valence-corrected chi connectivity index (χ1v) is 7.65. The minimum atomic E-state index is -0.834. The van der Waals surface area contributed by atoms with Gasteiger partial charge in [0.25, 0.3) is 0 Å². The van der Waals surface area contributed by atoms with Crippen LogP contribution in [-0.4, -0.2) is 47.0 Å². The molecule has 1 aliphatic heterocycles. The van der Waals surface area contributed by atoms with Gasteiger partial charge in [0.05, 0.1) is 19.8 Å². The highest BCUT2D eigenvalue weighted by molar-refractivity contribution is 5.39. The largest absolute Gasteiger partial charge is 0.393 e. The van der Waals surface area contributed by atoms with Gasteiger partial charge in [-0.3, -0.25) is 0 Å². The molecule has 0 amide bonds. The van der Waals surface area contributed by atoms with Crippen LogP contribution in [0.1, 0.15) is 11.4 Å². The zero-order valence-corrected chi connectivity index (χ0v) is 13.1. The van der Waals surface area contributed by atoms with Crippen LogP contribution in [-0.2, 0) is 11.2 Å². The van der Waals surface area contributed by atoms with Gasteiger partial charge in [-0.1, -0.05) is 18.2 Å². The average Bonchev–Trinajstić information content (AvgIpc) is 2.57. The van der Waals surface area contributed by atoms with Gasteiger partial charge in [-0.2, -0.15) is 0 Å². The van der Waals surface area contributed by atoms with E-state index in [0.29, 0.717) is 37.5 Å². The van der Waals surface area contributed by atoms with E-state index < -0.39 is 5.60 Å². The Bertz CT molecular complexity index is 682. The Morgan fingerprint density at radius 2 is 2.17 bits per heavy atom. The standard InChI is InChI=1S/C17H20FN3O2/c1-13-19-7-6-16(20-13)21-8-9-23-17(11-21,12-22)10-14-4-2-3-5-15(14)18/h2-7,22H,8-12H2,1H3/t17-/m0/s1. The molecule has 0 aliphatic carbocycles. The van der Waals surface area contributed by atoms with Crippen molar-refractivity contribution < 1.29 is 14.2 Å². The molecule has 1 aromatic heterocycles. The maximum atomic E-state index is 14.0. The van der Waals surface area contributed by atoms with Crippen LogP contribution >= 0.6 is 0 Å². The van der Waals surface area contributed by atoms with Gasteiger partial charge < -0.3 is 14.7 Å². The number of aromatic nitrogens is 2. The summed E-state index contributed by atoms with van der Waals surface area (Å²) in [5.74, 6) is 1.21. The van der Waals surface area contributed by atoms with E-state index in [-0.39, 0.29) is 12.4 Å². The number of aryl methyl sites for hydroxylation is 1. The van der Waals surface area contributed by atoms with Gasteiger partial charge in [-0.25, -0.2) is 14.4 Å². The molecule has 1 fully saturated rings. The summed E-state index contributed by atoms with van der Waals surface area (Å²) in [6.07, 6.45) is 2.03. The van der Waals surface area contributed by atoms with Crippen molar-refractivity contribution in [3.05, 3.63) is 53.7 Å². The van der Waals surface area contributed by atoms with Crippen LogP contribution in [0.3, 0.4) is 0 Å². The van der Waals surface area contributed by atoms with Crippen LogP contribution in [0.4, 0.5) is 10.2 Å². The van der Waals surface area contributed by atoms with Crippen LogP contribution in [0.2, 0.25) is 0 Å². The van der Waals surface area contributed by atoms with Gasteiger partial charge in [0.2, 0.25) is 0 Å². The monoisotopic (exact) mass is 317 g/mol. The third-order valence-electron chi connectivity index (χ3n) is 4.09. The number of hydrogen-bond donors (Lipinski definition) is 1. The molecule has 5 nitrogen and oxygen atoms in total. The smallest absolute Gasteiger partial charge is 0.132 e. The maximum Gasteiger partial charge on any atom is 0.132 e. The quantitative estimate of drug-likeness (QED) is 0.931. The van der Waals surface area contributed by atoms with Crippen LogP contribution in [0, 0.1) is 12.7 Å².